The van der Waals surface area contributed by atoms with Gasteiger partial charge in [-0.15, -0.1) is 0 Å². The maximum atomic E-state index is 6.27. The Kier molecular flexibility index (Phi) is 6.53. The fourth-order valence-electron chi connectivity index (χ4n) is 3.37. The van der Waals surface area contributed by atoms with Crippen molar-refractivity contribution in [3.63, 3.8) is 0 Å². The molecule has 1 N–H and O–H groups in total. The van der Waals surface area contributed by atoms with Crippen molar-refractivity contribution in [3.05, 3.63) is 135 Å². The van der Waals surface area contributed by atoms with E-state index in [1.807, 2.05) is 60.7 Å². The van der Waals surface area contributed by atoms with Crippen LogP contribution in [0.4, 0.5) is 0 Å². The molecule has 1 nitrogen and oxygen atoms in total. The van der Waals surface area contributed by atoms with Gasteiger partial charge >= 0.3 is 0 Å². The fraction of sp³-hybridized carbons (Fsp3) is 0.0370. The summed E-state index contributed by atoms with van der Waals surface area (Å²) in [5.41, 5.74) is 5.51. The fourth-order valence-corrected chi connectivity index (χ4v) is 3.77. The van der Waals surface area contributed by atoms with Gasteiger partial charge in [0.2, 0.25) is 0 Å². The molecule has 3 aromatic carbocycles. The molecule has 0 fully saturated rings. The Bertz CT molecular complexity index is 1170. The zero-order valence-corrected chi connectivity index (χ0v) is 17.8. The molecule has 1 atom stereocenters. The predicted octanol–water partition coefficient (Wildman–Crippen LogP) is 8.34. The standard InChI is InChI=1S/C27H21Cl2N/c28-23-10-4-8-21(18-23)13-16-26(22-9-5-11-24(29)19-22)27-17-15-25(30-27)14-12-20-6-2-1-3-7-20/h1-19,26,30H/b14-12+,16-13+. The van der Waals surface area contributed by atoms with E-state index >= 15 is 0 Å². The van der Waals surface area contributed by atoms with E-state index in [1.165, 1.54) is 5.56 Å². The maximum Gasteiger partial charge on any atom is 0.0424 e. The van der Waals surface area contributed by atoms with E-state index in [1.54, 1.807) is 0 Å². The zero-order valence-electron chi connectivity index (χ0n) is 16.3. The van der Waals surface area contributed by atoms with E-state index in [2.05, 4.69) is 59.6 Å². The number of aromatic nitrogens is 1. The first-order valence-electron chi connectivity index (χ1n) is 9.79. The molecule has 3 heteroatoms. The molecule has 4 rings (SSSR count). The second-order valence-corrected chi connectivity index (χ2v) is 7.93. The number of benzene rings is 3. The van der Waals surface area contributed by atoms with Crippen LogP contribution in [0, 0.1) is 0 Å². The SMILES string of the molecule is Clc1cccc(/C=C/C(c2cccc(Cl)c2)c2ccc(/C=C/c3ccccc3)[nH]2)c1. The molecule has 30 heavy (non-hydrogen) atoms. The van der Waals surface area contributed by atoms with Crippen LogP contribution in [-0.2, 0) is 0 Å². The highest BCUT2D eigenvalue weighted by atomic mass is 35.5. The lowest BCUT2D eigenvalue weighted by Gasteiger charge is -2.13. The van der Waals surface area contributed by atoms with E-state index in [-0.39, 0.29) is 5.92 Å². The Balaban J connectivity index is 1.64. The number of nitrogens with one attached hydrogen (secondary N) is 1. The first-order chi connectivity index (χ1) is 14.7. The zero-order chi connectivity index (χ0) is 20.8. The molecule has 0 aliphatic heterocycles. The maximum absolute atomic E-state index is 6.27. The highest BCUT2D eigenvalue weighted by molar-refractivity contribution is 6.31. The molecule has 0 amide bonds. The van der Waals surface area contributed by atoms with Crippen molar-refractivity contribution in [2.24, 2.45) is 0 Å². The molecule has 0 aliphatic carbocycles. The topological polar surface area (TPSA) is 15.8 Å². The summed E-state index contributed by atoms with van der Waals surface area (Å²) in [6, 6.07) is 30.3. The normalized spacial score (nSPS) is 12.6. The van der Waals surface area contributed by atoms with E-state index in [4.69, 9.17) is 23.2 Å². The number of hydrogen-bond donors (Lipinski definition) is 1. The van der Waals surface area contributed by atoms with Crippen LogP contribution in [0.1, 0.15) is 34.0 Å². The third kappa shape index (κ3) is 5.33. The van der Waals surface area contributed by atoms with Gasteiger partial charge in [-0.1, -0.05) is 96.0 Å². The van der Waals surface area contributed by atoms with E-state index in [0.29, 0.717) is 0 Å². The van der Waals surface area contributed by atoms with Crippen molar-refractivity contribution < 1.29 is 0 Å². The molecule has 4 aromatic rings. The van der Waals surface area contributed by atoms with Crippen LogP contribution in [0.3, 0.4) is 0 Å². The quantitative estimate of drug-likeness (QED) is 0.316. The summed E-state index contributed by atoms with van der Waals surface area (Å²) in [4.78, 5) is 3.54. The van der Waals surface area contributed by atoms with Crippen molar-refractivity contribution in [2.75, 3.05) is 0 Å². The van der Waals surface area contributed by atoms with E-state index in [0.717, 1.165) is 32.6 Å². The van der Waals surface area contributed by atoms with Gasteiger partial charge in [0.1, 0.15) is 0 Å². The summed E-state index contributed by atoms with van der Waals surface area (Å²) in [5.74, 6) is 0.0431. The van der Waals surface area contributed by atoms with Crippen LogP contribution in [0.25, 0.3) is 18.2 Å². The Morgan fingerprint density at radius 3 is 2.13 bits per heavy atom. The van der Waals surface area contributed by atoms with Crippen LogP contribution in [0.2, 0.25) is 10.0 Å². The van der Waals surface area contributed by atoms with Gasteiger partial charge in [-0.2, -0.15) is 0 Å². The van der Waals surface area contributed by atoms with Gasteiger partial charge in [0.25, 0.3) is 0 Å². The van der Waals surface area contributed by atoms with Crippen molar-refractivity contribution in [3.8, 4) is 0 Å². The highest BCUT2D eigenvalue weighted by Gasteiger charge is 2.13. The van der Waals surface area contributed by atoms with Crippen LogP contribution < -0.4 is 0 Å². The number of aromatic amines is 1. The van der Waals surface area contributed by atoms with E-state index < -0.39 is 0 Å². The number of allylic oxidation sites excluding steroid dienone is 1. The molecule has 0 radical (unpaired) electrons. The van der Waals surface area contributed by atoms with Gasteiger partial charge in [0, 0.05) is 27.4 Å². The largest absolute Gasteiger partial charge is 0.358 e. The summed E-state index contributed by atoms with van der Waals surface area (Å²) in [6.07, 6.45) is 8.46. The lowest BCUT2D eigenvalue weighted by molar-refractivity contribution is 0.975. The number of hydrogen-bond acceptors (Lipinski definition) is 0. The number of halogens is 2. The molecule has 148 valence electrons. The molecular weight excluding hydrogens is 409 g/mol. The Hall–Kier alpha value is -3.00. The second-order valence-electron chi connectivity index (χ2n) is 7.06. The molecule has 1 heterocycles. The molecule has 0 saturated carbocycles. The summed E-state index contributed by atoms with van der Waals surface area (Å²) in [6.45, 7) is 0. The summed E-state index contributed by atoms with van der Waals surface area (Å²) in [5, 5.41) is 1.45. The second kappa shape index (κ2) is 9.67. The summed E-state index contributed by atoms with van der Waals surface area (Å²) in [7, 11) is 0. The molecular formula is C27H21Cl2N. The molecule has 1 unspecified atom stereocenters. The average molecular weight is 430 g/mol. The summed E-state index contributed by atoms with van der Waals surface area (Å²) < 4.78 is 0. The predicted molar refractivity (Wildman–Crippen MR) is 130 cm³/mol. The smallest absolute Gasteiger partial charge is 0.0424 e. The first-order valence-corrected chi connectivity index (χ1v) is 10.5. The lowest BCUT2D eigenvalue weighted by atomic mass is 9.94. The van der Waals surface area contributed by atoms with Gasteiger partial charge in [-0.05, 0) is 59.2 Å². The van der Waals surface area contributed by atoms with E-state index in [9.17, 15) is 0 Å². The van der Waals surface area contributed by atoms with Crippen molar-refractivity contribution >= 4 is 41.4 Å². The van der Waals surface area contributed by atoms with Gasteiger partial charge < -0.3 is 4.98 Å². The van der Waals surface area contributed by atoms with Crippen LogP contribution >= 0.6 is 23.2 Å². The molecule has 0 aliphatic rings. The van der Waals surface area contributed by atoms with Crippen molar-refractivity contribution in [1.82, 2.24) is 4.98 Å². The van der Waals surface area contributed by atoms with Crippen LogP contribution in [-0.4, -0.2) is 4.98 Å². The minimum absolute atomic E-state index is 0.0431. The monoisotopic (exact) mass is 429 g/mol. The Labute approximate surface area is 187 Å². The van der Waals surface area contributed by atoms with Crippen LogP contribution in [0.15, 0.2) is 97.1 Å². The Morgan fingerprint density at radius 2 is 1.37 bits per heavy atom. The lowest BCUT2D eigenvalue weighted by Crippen LogP contribution is -1.98. The first kappa shape index (κ1) is 20.3. The van der Waals surface area contributed by atoms with Crippen molar-refractivity contribution in [2.45, 2.75) is 5.92 Å². The van der Waals surface area contributed by atoms with Gasteiger partial charge in [-0.3, -0.25) is 0 Å². The Morgan fingerprint density at radius 1 is 0.633 bits per heavy atom. The minimum Gasteiger partial charge on any atom is -0.358 e. The third-order valence-corrected chi connectivity index (χ3v) is 5.33. The molecule has 0 bridgehead atoms. The van der Waals surface area contributed by atoms with Crippen LogP contribution in [0.5, 0.6) is 0 Å². The number of rotatable bonds is 6. The molecule has 0 saturated heterocycles. The highest BCUT2D eigenvalue weighted by Crippen LogP contribution is 2.29. The van der Waals surface area contributed by atoms with Gasteiger partial charge in [0.05, 0.1) is 0 Å². The molecule has 1 aromatic heterocycles. The minimum atomic E-state index is 0.0431. The number of H-pyrrole nitrogens is 1. The van der Waals surface area contributed by atoms with Gasteiger partial charge in [0.15, 0.2) is 0 Å². The third-order valence-electron chi connectivity index (χ3n) is 4.86. The average Bonchev–Trinajstić information content (AvgIpc) is 3.22. The van der Waals surface area contributed by atoms with Crippen molar-refractivity contribution in [1.29, 1.82) is 0 Å². The summed E-state index contributed by atoms with van der Waals surface area (Å²) >= 11 is 12.4. The van der Waals surface area contributed by atoms with Gasteiger partial charge in [-0.25, -0.2) is 0 Å². The molecule has 0 spiro atoms.